The molecule has 3 aromatic carbocycles. The predicted molar refractivity (Wildman–Crippen MR) is 147 cm³/mol. The molecule has 196 valence electrons. The Morgan fingerprint density at radius 2 is 1.84 bits per heavy atom. The first-order chi connectivity index (χ1) is 18.5. The van der Waals surface area contributed by atoms with E-state index in [9.17, 15) is 9.90 Å². The summed E-state index contributed by atoms with van der Waals surface area (Å²) in [6, 6.07) is 20.0. The number of unbranched alkanes of at least 4 members (excludes halogenated alkanes) is 1. The van der Waals surface area contributed by atoms with Crippen molar-refractivity contribution in [2.75, 3.05) is 13.2 Å². The first-order valence-corrected chi connectivity index (χ1v) is 13.2. The van der Waals surface area contributed by atoms with E-state index in [4.69, 9.17) is 21.1 Å². The minimum absolute atomic E-state index is 0.0334. The molecule has 1 aromatic heterocycles. The normalized spacial score (nSPS) is 14.6. The van der Waals surface area contributed by atoms with Crippen LogP contribution in [0.25, 0.3) is 11.3 Å². The largest absolute Gasteiger partial charge is 0.507 e. The zero-order chi connectivity index (χ0) is 26.6. The molecule has 38 heavy (non-hydrogen) atoms. The van der Waals surface area contributed by atoms with Gasteiger partial charge in [-0.05, 0) is 54.8 Å². The van der Waals surface area contributed by atoms with Crippen LogP contribution in [0.15, 0.2) is 66.7 Å². The van der Waals surface area contributed by atoms with Crippen LogP contribution < -0.4 is 9.47 Å². The highest BCUT2D eigenvalue weighted by atomic mass is 35.5. The summed E-state index contributed by atoms with van der Waals surface area (Å²) in [5.74, 6) is 1.15. The Labute approximate surface area is 227 Å². The molecule has 0 aliphatic carbocycles. The zero-order valence-corrected chi connectivity index (χ0v) is 22.2. The second-order valence-corrected chi connectivity index (χ2v) is 9.62. The number of carbonyl (C=O) groups excluding carboxylic acids is 1. The highest BCUT2D eigenvalue weighted by Crippen LogP contribution is 2.46. The number of fused-ring (bicyclic) bond motifs is 1. The number of ether oxygens (including phenoxy) is 2. The molecular formula is C30H30ClN3O4. The Balaban J connectivity index is 1.64. The minimum Gasteiger partial charge on any atom is -0.507 e. The van der Waals surface area contributed by atoms with Crippen LogP contribution in [0.3, 0.4) is 0 Å². The van der Waals surface area contributed by atoms with Gasteiger partial charge in [-0.2, -0.15) is 5.10 Å². The van der Waals surface area contributed by atoms with Crippen molar-refractivity contribution in [2.24, 2.45) is 0 Å². The van der Waals surface area contributed by atoms with Crippen LogP contribution in [-0.2, 0) is 6.54 Å². The number of aromatic nitrogens is 2. The lowest BCUT2D eigenvalue weighted by atomic mass is 9.95. The number of nitrogens with zero attached hydrogens (tertiary/aromatic N) is 2. The van der Waals surface area contributed by atoms with Gasteiger partial charge in [0.1, 0.15) is 17.1 Å². The van der Waals surface area contributed by atoms with Gasteiger partial charge >= 0.3 is 0 Å². The number of H-pyrrole nitrogens is 1. The zero-order valence-electron chi connectivity index (χ0n) is 21.4. The molecule has 8 heteroatoms. The summed E-state index contributed by atoms with van der Waals surface area (Å²) in [6.07, 6.45) is 1.98. The van der Waals surface area contributed by atoms with Gasteiger partial charge in [-0.15, -0.1) is 0 Å². The monoisotopic (exact) mass is 531 g/mol. The summed E-state index contributed by atoms with van der Waals surface area (Å²) >= 11 is 6.27. The third-order valence-electron chi connectivity index (χ3n) is 6.61. The van der Waals surface area contributed by atoms with Crippen molar-refractivity contribution < 1.29 is 19.4 Å². The summed E-state index contributed by atoms with van der Waals surface area (Å²) < 4.78 is 12.0. The third kappa shape index (κ3) is 4.94. The van der Waals surface area contributed by atoms with Gasteiger partial charge in [0.25, 0.3) is 5.91 Å². The molecular weight excluding hydrogens is 502 g/mol. The van der Waals surface area contributed by atoms with Crippen molar-refractivity contribution in [2.45, 2.75) is 39.3 Å². The molecule has 0 radical (unpaired) electrons. The molecule has 0 bridgehead atoms. The van der Waals surface area contributed by atoms with Crippen molar-refractivity contribution in [1.82, 2.24) is 15.1 Å². The quantitative estimate of drug-likeness (QED) is 0.221. The smallest absolute Gasteiger partial charge is 0.273 e. The number of hydrogen-bond acceptors (Lipinski definition) is 5. The molecule has 1 aliphatic rings. The summed E-state index contributed by atoms with van der Waals surface area (Å²) in [6.45, 7) is 5.52. The summed E-state index contributed by atoms with van der Waals surface area (Å²) in [7, 11) is 0. The van der Waals surface area contributed by atoms with Crippen molar-refractivity contribution >= 4 is 17.5 Å². The fraction of sp³-hybridized carbons (Fsp3) is 0.267. The topological polar surface area (TPSA) is 87.7 Å². The number of carbonyl (C=O) groups is 1. The van der Waals surface area contributed by atoms with Crippen LogP contribution >= 0.6 is 11.6 Å². The van der Waals surface area contributed by atoms with Crippen LogP contribution in [0.2, 0.25) is 5.02 Å². The van der Waals surface area contributed by atoms with E-state index < -0.39 is 6.04 Å². The minimum atomic E-state index is -0.478. The maximum absolute atomic E-state index is 13.7. The highest BCUT2D eigenvalue weighted by Gasteiger charge is 2.42. The highest BCUT2D eigenvalue weighted by molar-refractivity contribution is 6.31. The van der Waals surface area contributed by atoms with Crippen LogP contribution in [0.1, 0.15) is 59.9 Å². The second-order valence-electron chi connectivity index (χ2n) is 9.18. The average molecular weight is 532 g/mol. The molecule has 2 heterocycles. The number of aromatic amines is 1. The van der Waals surface area contributed by atoms with Gasteiger partial charge in [0.05, 0.1) is 19.3 Å². The van der Waals surface area contributed by atoms with E-state index in [-0.39, 0.29) is 11.7 Å². The molecule has 0 fully saturated rings. The summed E-state index contributed by atoms with van der Waals surface area (Å²) in [5.41, 5.74) is 3.87. The number of benzene rings is 3. The number of phenols is 1. The van der Waals surface area contributed by atoms with Gasteiger partial charge in [0.15, 0.2) is 11.5 Å². The Morgan fingerprint density at radius 1 is 1.03 bits per heavy atom. The van der Waals surface area contributed by atoms with Crippen LogP contribution in [0, 0.1) is 0 Å². The van der Waals surface area contributed by atoms with Gasteiger partial charge in [-0.3, -0.25) is 9.89 Å². The summed E-state index contributed by atoms with van der Waals surface area (Å²) in [5, 5.41) is 18.5. The van der Waals surface area contributed by atoms with E-state index in [0.29, 0.717) is 58.8 Å². The van der Waals surface area contributed by atoms with Crippen LogP contribution in [0.5, 0.6) is 17.2 Å². The first kappa shape index (κ1) is 25.7. The van der Waals surface area contributed by atoms with Crippen molar-refractivity contribution in [3.8, 4) is 28.5 Å². The predicted octanol–water partition coefficient (Wildman–Crippen LogP) is 6.76. The maximum Gasteiger partial charge on any atom is 0.273 e. The van der Waals surface area contributed by atoms with Gasteiger partial charge in [-0.25, -0.2) is 0 Å². The Bertz CT molecular complexity index is 1440. The number of amides is 1. The fourth-order valence-corrected chi connectivity index (χ4v) is 4.97. The van der Waals surface area contributed by atoms with Crippen LogP contribution in [-0.4, -0.2) is 39.3 Å². The Morgan fingerprint density at radius 3 is 2.61 bits per heavy atom. The SMILES string of the molecule is CCCCOc1ccc(C2c3c(-c4cc(Cl)ccc4O)n[nH]c3C(=O)N2Cc2ccccc2)cc1OCC. The van der Waals surface area contributed by atoms with Crippen molar-refractivity contribution in [3.63, 3.8) is 0 Å². The fourth-order valence-electron chi connectivity index (χ4n) is 4.80. The van der Waals surface area contributed by atoms with E-state index >= 15 is 0 Å². The molecule has 1 unspecified atom stereocenters. The van der Waals surface area contributed by atoms with E-state index in [0.717, 1.165) is 24.0 Å². The number of phenolic OH excluding ortho intramolecular Hbond substituents is 1. The van der Waals surface area contributed by atoms with Crippen molar-refractivity contribution in [3.05, 3.63) is 94.1 Å². The van der Waals surface area contributed by atoms with E-state index in [1.165, 1.54) is 6.07 Å². The van der Waals surface area contributed by atoms with Gasteiger partial charge < -0.3 is 19.5 Å². The lowest BCUT2D eigenvalue weighted by Crippen LogP contribution is -2.29. The van der Waals surface area contributed by atoms with E-state index in [1.807, 2.05) is 60.4 Å². The Hall–Kier alpha value is -3.97. The number of rotatable bonds is 10. The van der Waals surface area contributed by atoms with Gasteiger partial charge in [0, 0.05) is 22.7 Å². The Kier molecular flexibility index (Phi) is 7.56. The lowest BCUT2D eigenvalue weighted by Gasteiger charge is -2.27. The molecule has 5 rings (SSSR count). The summed E-state index contributed by atoms with van der Waals surface area (Å²) in [4.78, 5) is 15.6. The van der Waals surface area contributed by atoms with Crippen LogP contribution in [0.4, 0.5) is 0 Å². The molecule has 1 atom stereocenters. The van der Waals surface area contributed by atoms with E-state index in [2.05, 4.69) is 17.1 Å². The third-order valence-corrected chi connectivity index (χ3v) is 6.85. The molecule has 4 aromatic rings. The average Bonchev–Trinajstić information content (AvgIpc) is 3.46. The number of halogens is 1. The molecule has 1 amide bonds. The maximum atomic E-state index is 13.7. The first-order valence-electron chi connectivity index (χ1n) is 12.8. The molecule has 7 nitrogen and oxygen atoms in total. The number of nitrogens with one attached hydrogen (secondary N) is 1. The molecule has 0 saturated heterocycles. The number of hydrogen-bond donors (Lipinski definition) is 2. The van der Waals surface area contributed by atoms with Crippen molar-refractivity contribution in [1.29, 1.82) is 0 Å². The standard InChI is InChI=1S/C30H30ClN3O4/c1-3-5-15-38-24-14-11-20(16-25(24)37-4-2)29-26-27(22-17-21(31)12-13-23(22)35)32-33-28(26)30(36)34(29)18-19-9-7-6-8-10-19/h6-14,16-17,29,35H,3-5,15,18H2,1-2H3,(H,32,33). The molecule has 0 saturated carbocycles. The molecule has 0 spiro atoms. The molecule has 1 aliphatic heterocycles. The van der Waals surface area contributed by atoms with E-state index in [1.54, 1.807) is 12.1 Å². The second kappa shape index (κ2) is 11.2. The van der Waals surface area contributed by atoms with Gasteiger partial charge in [-0.1, -0.05) is 61.3 Å². The number of aromatic hydroxyl groups is 1. The van der Waals surface area contributed by atoms with Gasteiger partial charge in [0.2, 0.25) is 0 Å². The lowest BCUT2D eigenvalue weighted by molar-refractivity contribution is 0.0729. The molecule has 2 N–H and O–H groups in total.